The Morgan fingerprint density at radius 2 is 1.89 bits per heavy atom. The van der Waals surface area contributed by atoms with Gasteiger partial charge in [0.2, 0.25) is 0 Å². The molecular weight excluding hydrogens is 222 g/mol. The van der Waals surface area contributed by atoms with Gasteiger partial charge >= 0.3 is 0 Å². The van der Waals surface area contributed by atoms with Crippen LogP contribution in [-0.4, -0.2) is 18.1 Å². The Labute approximate surface area is 108 Å². The highest BCUT2D eigenvalue weighted by Crippen LogP contribution is 2.18. The van der Waals surface area contributed by atoms with Gasteiger partial charge in [0.05, 0.1) is 0 Å². The molecule has 18 heavy (non-hydrogen) atoms. The van der Waals surface area contributed by atoms with Crippen LogP contribution in [0, 0.1) is 6.92 Å². The summed E-state index contributed by atoms with van der Waals surface area (Å²) in [6, 6.07) is 14.4. The molecule has 0 aliphatic rings. The minimum absolute atomic E-state index is 0.628. The molecule has 0 aliphatic heterocycles. The molecule has 0 radical (unpaired) electrons. The Morgan fingerprint density at radius 1 is 1.11 bits per heavy atom. The van der Waals surface area contributed by atoms with Gasteiger partial charge in [0.1, 0.15) is 5.82 Å². The smallest absolute Gasteiger partial charge is 0.131 e. The number of nitrogens with two attached hydrogens (primary N) is 1. The average molecular weight is 241 g/mol. The number of benzene rings is 1. The normalized spacial score (nSPS) is 10.3. The first-order chi connectivity index (χ1) is 8.81. The minimum atomic E-state index is 0.628. The molecule has 1 aromatic heterocycles. The monoisotopic (exact) mass is 241 g/mol. The fraction of sp³-hybridized carbons (Fsp3) is 0.267. The number of nitrogens with zero attached hydrogens (tertiary/aromatic N) is 2. The molecule has 1 aromatic carbocycles. The molecule has 0 atom stereocenters. The third-order valence-electron chi connectivity index (χ3n) is 2.90. The lowest BCUT2D eigenvalue weighted by atomic mass is 10.2. The van der Waals surface area contributed by atoms with Gasteiger partial charge in [0.15, 0.2) is 0 Å². The van der Waals surface area contributed by atoms with Gasteiger partial charge in [-0.1, -0.05) is 36.4 Å². The van der Waals surface area contributed by atoms with Gasteiger partial charge in [0, 0.05) is 25.8 Å². The van der Waals surface area contributed by atoms with Crippen LogP contribution in [0.1, 0.15) is 11.1 Å². The van der Waals surface area contributed by atoms with Crippen LogP contribution in [0.3, 0.4) is 0 Å². The van der Waals surface area contributed by atoms with E-state index < -0.39 is 0 Å². The van der Waals surface area contributed by atoms with Gasteiger partial charge in [-0.15, -0.1) is 0 Å². The topological polar surface area (TPSA) is 42.2 Å². The number of aromatic nitrogens is 1. The molecule has 0 fully saturated rings. The maximum atomic E-state index is 5.70. The highest BCUT2D eigenvalue weighted by molar-refractivity contribution is 5.46. The highest BCUT2D eigenvalue weighted by Gasteiger charge is 2.09. The summed E-state index contributed by atoms with van der Waals surface area (Å²) in [6.45, 7) is 4.36. The van der Waals surface area contributed by atoms with E-state index in [2.05, 4.69) is 47.1 Å². The molecule has 2 N–H and O–H groups in total. The molecule has 94 valence electrons. The summed E-state index contributed by atoms with van der Waals surface area (Å²) >= 11 is 0. The average Bonchev–Trinajstić information content (AvgIpc) is 2.40. The Bertz CT molecular complexity index is 482. The molecule has 2 rings (SSSR count). The lowest BCUT2D eigenvalue weighted by Crippen LogP contribution is -2.30. The van der Waals surface area contributed by atoms with E-state index in [4.69, 9.17) is 5.73 Å². The molecule has 1 heterocycles. The van der Waals surface area contributed by atoms with Gasteiger partial charge in [-0.3, -0.25) is 0 Å². The SMILES string of the molecule is Cc1cccnc1N(CCN)Cc1ccccc1. The van der Waals surface area contributed by atoms with Crippen molar-refractivity contribution in [2.75, 3.05) is 18.0 Å². The molecule has 0 bridgehead atoms. The minimum Gasteiger partial charge on any atom is -0.351 e. The van der Waals surface area contributed by atoms with E-state index in [0.717, 1.165) is 18.9 Å². The summed E-state index contributed by atoms with van der Waals surface area (Å²) in [6.07, 6.45) is 1.83. The van der Waals surface area contributed by atoms with Gasteiger partial charge in [-0.2, -0.15) is 0 Å². The standard InChI is InChI=1S/C15H19N3/c1-13-6-5-10-17-15(13)18(11-9-16)12-14-7-3-2-4-8-14/h2-8,10H,9,11-12,16H2,1H3. The van der Waals surface area contributed by atoms with Crippen molar-refractivity contribution >= 4 is 5.82 Å². The first-order valence-electron chi connectivity index (χ1n) is 6.22. The molecule has 3 heteroatoms. The Hall–Kier alpha value is -1.87. The number of aryl methyl sites for hydroxylation is 1. The largest absolute Gasteiger partial charge is 0.351 e. The van der Waals surface area contributed by atoms with Crippen LogP contribution in [0.5, 0.6) is 0 Å². The summed E-state index contributed by atoms with van der Waals surface area (Å²) in [5, 5.41) is 0. The summed E-state index contributed by atoms with van der Waals surface area (Å²) in [5.74, 6) is 1.02. The molecular formula is C15H19N3. The summed E-state index contributed by atoms with van der Waals surface area (Å²) in [5.41, 5.74) is 8.16. The molecule has 3 nitrogen and oxygen atoms in total. The van der Waals surface area contributed by atoms with E-state index in [0.29, 0.717) is 6.54 Å². The van der Waals surface area contributed by atoms with Crippen LogP contribution in [-0.2, 0) is 6.54 Å². The second-order valence-corrected chi connectivity index (χ2v) is 4.34. The van der Waals surface area contributed by atoms with Crippen molar-refractivity contribution < 1.29 is 0 Å². The predicted molar refractivity (Wildman–Crippen MR) is 75.5 cm³/mol. The van der Waals surface area contributed by atoms with E-state index in [9.17, 15) is 0 Å². The molecule has 0 amide bonds. The van der Waals surface area contributed by atoms with Crippen molar-refractivity contribution in [3.05, 3.63) is 59.8 Å². The first-order valence-corrected chi connectivity index (χ1v) is 6.22. The fourth-order valence-corrected chi connectivity index (χ4v) is 2.03. The second-order valence-electron chi connectivity index (χ2n) is 4.34. The molecule has 0 aliphatic carbocycles. The van der Waals surface area contributed by atoms with E-state index >= 15 is 0 Å². The van der Waals surface area contributed by atoms with Crippen molar-refractivity contribution in [1.82, 2.24) is 4.98 Å². The van der Waals surface area contributed by atoms with Crippen molar-refractivity contribution in [2.24, 2.45) is 5.73 Å². The number of anilines is 1. The van der Waals surface area contributed by atoms with Gasteiger partial charge in [0.25, 0.3) is 0 Å². The number of hydrogen-bond acceptors (Lipinski definition) is 3. The van der Waals surface area contributed by atoms with Crippen LogP contribution >= 0.6 is 0 Å². The number of pyridine rings is 1. The zero-order chi connectivity index (χ0) is 12.8. The number of hydrogen-bond donors (Lipinski definition) is 1. The van der Waals surface area contributed by atoms with Gasteiger partial charge < -0.3 is 10.6 Å². The van der Waals surface area contributed by atoms with Crippen molar-refractivity contribution in [1.29, 1.82) is 0 Å². The van der Waals surface area contributed by atoms with Crippen molar-refractivity contribution in [2.45, 2.75) is 13.5 Å². The number of rotatable bonds is 5. The highest BCUT2D eigenvalue weighted by atomic mass is 15.2. The van der Waals surface area contributed by atoms with Gasteiger partial charge in [-0.25, -0.2) is 4.98 Å². The lowest BCUT2D eigenvalue weighted by molar-refractivity contribution is 0.772. The van der Waals surface area contributed by atoms with Crippen LogP contribution in [0.2, 0.25) is 0 Å². The molecule has 0 saturated carbocycles. The van der Waals surface area contributed by atoms with Crippen LogP contribution in [0.4, 0.5) is 5.82 Å². The van der Waals surface area contributed by atoms with E-state index in [1.54, 1.807) is 0 Å². The zero-order valence-electron chi connectivity index (χ0n) is 10.7. The molecule has 0 unspecified atom stereocenters. The van der Waals surface area contributed by atoms with Crippen molar-refractivity contribution in [3.8, 4) is 0 Å². The quantitative estimate of drug-likeness (QED) is 0.873. The Balaban J connectivity index is 2.21. The van der Waals surface area contributed by atoms with Crippen LogP contribution in [0.15, 0.2) is 48.7 Å². The molecule has 0 saturated heterocycles. The summed E-state index contributed by atoms with van der Waals surface area (Å²) in [4.78, 5) is 6.69. The summed E-state index contributed by atoms with van der Waals surface area (Å²) in [7, 11) is 0. The predicted octanol–water partition coefficient (Wildman–Crippen LogP) is 2.36. The van der Waals surface area contributed by atoms with Crippen LogP contribution in [0.25, 0.3) is 0 Å². The molecule has 0 spiro atoms. The van der Waals surface area contributed by atoms with E-state index in [1.807, 2.05) is 18.3 Å². The van der Waals surface area contributed by atoms with Gasteiger partial charge in [-0.05, 0) is 24.1 Å². The third kappa shape index (κ3) is 3.08. The fourth-order valence-electron chi connectivity index (χ4n) is 2.03. The summed E-state index contributed by atoms with van der Waals surface area (Å²) < 4.78 is 0. The Morgan fingerprint density at radius 3 is 2.56 bits per heavy atom. The molecule has 2 aromatic rings. The third-order valence-corrected chi connectivity index (χ3v) is 2.90. The lowest BCUT2D eigenvalue weighted by Gasteiger charge is -2.24. The van der Waals surface area contributed by atoms with E-state index in [1.165, 1.54) is 11.1 Å². The zero-order valence-corrected chi connectivity index (χ0v) is 10.7. The first kappa shape index (κ1) is 12.6. The maximum Gasteiger partial charge on any atom is 0.131 e. The maximum absolute atomic E-state index is 5.70. The van der Waals surface area contributed by atoms with Crippen molar-refractivity contribution in [3.63, 3.8) is 0 Å². The van der Waals surface area contributed by atoms with E-state index in [-0.39, 0.29) is 0 Å². The Kier molecular flexibility index (Phi) is 4.31. The van der Waals surface area contributed by atoms with Crippen LogP contribution < -0.4 is 10.6 Å². The second kappa shape index (κ2) is 6.17.